The molecule has 0 bridgehead atoms. The summed E-state index contributed by atoms with van der Waals surface area (Å²) in [6.07, 6.45) is -1.65. The molecular formula is C18H20N9O15P3. The fraction of sp³-hybridized carbons (Fsp3) is 0.333. The summed E-state index contributed by atoms with van der Waals surface area (Å²) in [5, 5.41) is 14.5. The third-order valence-corrected chi connectivity index (χ3v) is 9.58. The van der Waals surface area contributed by atoms with Crippen LogP contribution in [0.5, 0.6) is 0 Å². The highest BCUT2D eigenvalue weighted by atomic mass is 31.3. The molecule has 0 amide bonds. The van der Waals surface area contributed by atoms with Crippen LogP contribution in [0.4, 0.5) is 11.5 Å². The van der Waals surface area contributed by atoms with Crippen LogP contribution in [0.3, 0.4) is 0 Å². The zero-order chi connectivity index (χ0) is 33.2. The van der Waals surface area contributed by atoms with Gasteiger partial charge >= 0.3 is 29.4 Å². The van der Waals surface area contributed by atoms with Gasteiger partial charge in [-0.3, -0.25) is 19.2 Å². The van der Waals surface area contributed by atoms with Crippen LogP contribution in [-0.2, 0) is 42.9 Å². The van der Waals surface area contributed by atoms with Gasteiger partial charge < -0.3 is 34.8 Å². The topological polar surface area (TPSA) is 357 Å². The molecule has 24 nitrogen and oxygen atoms in total. The minimum Gasteiger partial charge on any atom is -0.456 e. The number of aromatic nitrogens is 4. The van der Waals surface area contributed by atoms with E-state index in [1.807, 2.05) is 0 Å². The largest absolute Gasteiger partial charge is 0.490 e. The second-order valence-electron chi connectivity index (χ2n) is 8.77. The molecule has 1 aromatic carbocycles. The number of carbonyl (C=O) groups excluding carboxylic acids is 1. The SMILES string of the molecule is [N-]=[N+]=NCc1cc([N+](=O)[O-])ccc1C(=O)O[C@@H]1C[C@H](n2cnc3c(N)ncnc32)O[C@@H]1COP(=O)(O)OP(=O)(O)OP(=O)(O)O. The molecule has 4 rings (SSSR count). The number of nitrogen functional groups attached to an aromatic ring is 1. The van der Waals surface area contributed by atoms with Crippen LogP contribution >= 0.6 is 23.5 Å². The maximum absolute atomic E-state index is 13.2. The number of nitrogens with two attached hydrogens (primary N) is 1. The summed E-state index contributed by atoms with van der Waals surface area (Å²) in [6.45, 7) is -1.46. The molecule has 1 saturated heterocycles. The average molecular weight is 695 g/mol. The minimum absolute atomic E-state index is 0.0228. The predicted molar refractivity (Wildman–Crippen MR) is 143 cm³/mol. The molecule has 0 spiro atoms. The van der Waals surface area contributed by atoms with E-state index < -0.39 is 71.6 Å². The van der Waals surface area contributed by atoms with Crippen LogP contribution in [-0.4, -0.2) is 68.8 Å². The lowest BCUT2D eigenvalue weighted by Crippen LogP contribution is -2.31. The number of non-ortho nitro benzene ring substituents is 1. The molecule has 3 heterocycles. The first-order valence-corrected chi connectivity index (χ1v) is 16.4. The number of carbonyl (C=O) groups is 1. The highest BCUT2D eigenvalue weighted by Crippen LogP contribution is 2.66. The molecule has 6 N–H and O–H groups in total. The number of ether oxygens (including phenoxy) is 2. The lowest BCUT2D eigenvalue weighted by Gasteiger charge is -2.21. The van der Waals surface area contributed by atoms with E-state index in [0.29, 0.717) is 0 Å². The van der Waals surface area contributed by atoms with Gasteiger partial charge in [0.2, 0.25) is 0 Å². The molecule has 0 radical (unpaired) electrons. The van der Waals surface area contributed by atoms with Crippen LogP contribution in [0.15, 0.2) is 36.0 Å². The lowest BCUT2D eigenvalue weighted by molar-refractivity contribution is -0.384. The summed E-state index contributed by atoms with van der Waals surface area (Å²) >= 11 is 0. The van der Waals surface area contributed by atoms with Crippen molar-refractivity contribution in [1.29, 1.82) is 0 Å². The van der Waals surface area contributed by atoms with Crippen molar-refractivity contribution in [2.45, 2.75) is 31.4 Å². The molecule has 1 fully saturated rings. The monoisotopic (exact) mass is 695 g/mol. The number of phosphoric ester groups is 1. The second-order valence-corrected chi connectivity index (χ2v) is 13.2. The van der Waals surface area contributed by atoms with Gasteiger partial charge in [0.15, 0.2) is 11.5 Å². The van der Waals surface area contributed by atoms with E-state index in [4.69, 9.17) is 30.5 Å². The van der Waals surface area contributed by atoms with E-state index in [2.05, 4.69) is 38.1 Å². The Bertz CT molecular complexity index is 1830. The molecule has 242 valence electrons. The van der Waals surface area contributed by atoms with E-state index in [1.165, 1.54) is 10.9 Å². The molecule has 2 unspecified atom stereocenters. The van der Waals surface area contributed by atoms with Gasteiger partial charge in [0.05, 0.1) is 30.0 Å². The van der Waals surface area contributed by atoms with Gasteiger partial charge in [-0.2, -0.15) is 8.62 Å². The van der Waals surface area contributed by atoms with Gasteiger partial charge in [-0.05, 0) is 17.2 Å². The number of nitrogens with zero attached hydrogens (tertiary/aromatic N) is 8. The number of nitro groups is 1. The molecule has 45 heavy (non-hydrogen) atoms. The highest BCUT2D eigenvalue weighted by molar-refractivity contribution is 7.66. The van der Waals surface area contributed by atoms with Gasteiger partial charge in [0.1, 0.15) is 30.3 Å². The zero-order valence-corrected chi connectivity index (χ0v) is 24.7. The number of nitro benzene ring substituents is 1. The first-order valence-electron chi connectivity index (χ1n) is 11.8. The van der Waals surface area contributed by atoms with Crippen LogP contribution in [0.2, 0.25) is 0 Å². The van der Waals surface area contributed by atoms with E-state index in [1.54, 1.807) is 0 Å². The zero-order valence-electron chi connectivity index (χ0n) is 22.0. The van der Waals surface area contributed by atoms with E-state index in [9.17, 15) is 38.4 Å². The number of anilines is 1. The maximum atomic E-state index is 13.2. The smallest absolute Gasteiger partial charge is 0.456 e. The normalized spacial score (nSPS) is 21.0. The van der Waals surface area contributed by atoms with Gasteiger partial charge in [-0.1, -0.05) is 5.11 Å². The van der Waals surface area contributed by atoms with Crippen molar-refractivity contribution in [2.24, 2.45) is 5.11 Å². The van der Waals surface area contributed by atoms with Crippen LogP contribution in [0.25, 0.3) is 21.6 Å². The van der Waals surface area contributed by atoms with Gasteiger partial charge in [0, 0.05) is 23.5 Å². The van der Waals surface area contributed by atoms with Gasteiger partial charge in [-0.15, -0.1) is 0 Å². The number of phosphoric acid groups is 3. The van der Waals surface area contributed by atoms with Crippen LogP contribution in [0, 0.1) is 10.1 Å². The summed E-state index contributed by atoms with van der Waals surface area (Å²) in [7, 11) is -17.1. The molecule has 1 aliphatic heterocycles. The molecule has 0 saturated carbocycles. The van der Waals surface area contributed by atoms with E-state index >= 15 is 0 Å². The number of fused-ring (bicyclic) bond motifs is 1. The maximum Gasteiger partial charge on any atom is 0.490 e. The Hall–Kier alpha value is -3.88. The third kappa shape index (κ3) is 8.65. The third-order valence-electron chi connectivity index (χ3n) is 5.78. The average Bonchev–Trinajstić information content (AvgIpc) is 3.53. The van der Waals surface area contributed by atoms with E-state index in [-0.39, 0.29) is 34.5 Å². The Balaban J connectivity index is 1.60. The van der Waals surface area contributed by atoms with Crippen LogP contribution < -0.4 is 5.73 Å². The minimum atomic E-state index is -5.83. The number of hydrogen-bond acceptors (Lipinski definition) is 16. The molecule has 2 aromatic heterocycles. The Kier molecular flexibility index (Phi) is 10.00. The Morgan fingerprint density at radius 3 is 2.60 bits per heavy atom. The number of azide groups is 1. The second kappa shape index (κ2) is 13.2. The van der Waals surface area contributed by atoms with Crippen molar-refractivity contribution < 1.29 is 65.6 Å². The number of imidazole rings is 1. The first kappa shape index (κ1) is 34.0. The number of esters is 1. The summed E-state index contributed by atoms with van der Waals surface area (Å²) in [4.78, 5) is 75.0. The van der Waals surface area contributed by atoms with Gasteiger partial charge in [-0.25, -0.2) is 33.4 Å². The quantitative estimate of drug-likeness (QED) is 0.0324. The number of rotatable bonds is 13. The van der Waals surface area contributed by atoms with Crippen molar-refractivity contribution in [3.63, 3.8) is 0 Å². The highest BCUT2D eigenvalue weighted by Gasteiger charge is 2.44. The van der Waals surface area contributed by atoms with E-state index in [0.717, 1.165) is 24.5 Å². The molecular weight excluding hydrogens is 675 g/mol. The van der Waals surface area contributed by atoms with Gasteiger partial charge in [0.25, 0.3) is 5.69 Å². The fourth-order valence-electron chi connectivity index (χ4n) is 4.03. The van der Waals surface area contributed by atoms with Crippen molar-refractivity contribution in [3.8, 4) is 0 Å². The molecule has 5 atom stereocenters. The Labute approximate surface area is 248 Å². The molecule has 3 aromatic rings. The predicted octanol–water partition coefficient (Wildman–Crippen LogP) is 1.98. The Morgan fingerprint density at radius 2 is 1.93 bits per heavy atom. The number of benzene rings is 1. The molecule has 1 aliphatic rings. The summed E-state index contributed by atoms with van der Waals surface area (Å²) in [5.41, 5.74) is 14.1. The Morgan fingerprint density at radius 1 is 1.20 bits per heavy atom. The lowest BCUT2D eigenvalue weighted by atomic mass is 10.1. The summed E-state index contributed by atoms with van der Waals surface area (Å²) in [6, 6.07) is 3.05. The van der Waals surface area contributed by atoms with Crippen molar-refractivity contribution >= 4 is 52.1 Å². The summed E-state index contributed by atoms with van der Waals surface area (Å²) < 4.78 is 59.7. The van der Waals surface area contributed by atoms with Crippen molar-refractivity contribution in [2.75, 3.05) is 12.3 Å². The summed E-state index contributed by atoms with van der Waals surface area (Å²) in [5.74, 6) is -1.07. The fourth-order valence-corrected chi connectivity index (χ4v) is 7.06. The molecule has 27 heteroatoms. The standard InChI is InChI=1S/C18H20N9O15P3/c19-16-15-17(22-7-21-16)26(8-23-15)14-4-12(13(39-14)6-38-44(34,35)42-45(36,37)41-43(31,32)33)40-18(28)11-2-1-10(27(29)30)3-9(11)5-24-25-20/h1-3,7-8,12-14H,4-6H2,(H,34,35)(H,36,37)(H2,19,21,22)(H2,31,32,33)/t12-,13-,14-/m1/s1. The van der Waals surface area contributed by atoms with Crippen molar-refractivity contribution in [3.05, 3.63) is 62.5 Å². The first-order chi connectivity index (χ1) is 21.0. The van der Waals surface area contributed by atoms with Crippen molar-refractivity contribution in [1.82, 2.24) is 19.5 Å². The number of hydrogen-bond donors (Lipinski definition) is 5. The molecule has 0 aliphatic carbocycles. The van der Waals surface area contributed by atoms with Crippen LogP contribution in [0.1, 0.15) is 28.6 Å².